The van der Waals surface area contributed by atoms with Gasteiger partial charge in [0.15, 0.2) is 23.8 Å². The molecule has 0 saturated carbocycles. The zero-order chi connectivity index (χ0) is 44.5. The maximum Gasteiger partial charge on any atom is 0.474 e. The first-order valence-corrected chi connectivity index (χ1v) is 23.8. The lowest BCUT2D eigenvalue weighted by Gasteiger charge is -2.25. The summed E-state index contributed by atoms with van der Waals surface area (Å²) in [7, 11) is -4.63. The van der Waals surface area contributed by atoms with Crippen molar-refractivity contribution in [1.29, 1.82) is 0 Å². The number of rotatable bonds is 30. The number of aromatic amines is 2. The fraction of sp³-hybridized carbons (Fsp3) is 0.810. The number of alkyl halides is 2. The molecule has 4 heterocycles. The monoisotopic (exact) mass is 890 g/mol. The van der Waals surface area contributed by atoms with Gasteiger partial charge in [-0.2, -0.15) is 0 Å². The van der Waals surface area contributed by atoms with E-state index in [0.717, 1.165) is 73.2 Å². The molecule has 2 aromatic rings. The van der Waals surface area contributed by atoms with Crippen molar-refractivity contribution < 1.29 is 46.6 Å². The maximum absolute atomic E-state index is 15.8. The van der Waals surface area contributed by atoms with Crippen molar-refractivity contribution in [1.82, 2.24) is 19.1 Å². The fourth-order valence-electron chi connectivity index (χ4n) is 7.90. The number of aromatic nitrogens is 4. The first-order valence-electron chi connectivity index (χ1n) is 22.3. The van der Waals surface area contributed by atoms with Crippen LogP contribution in [0.3, 0.4) is 0 Å². The highest BCUT2D eigenvalue weighted by molar-refractivity contribution is 7.48. The molecule has 0 spiro atoms. The summed E-state index contributed by atoms with van der Waals surface area (Å²) >= 11 is 0. The molecule has 0 aliphatic carbocycles. The second-order valence-corrected chi connectivity index (χ2v) is 18.5. The van der Waals surface area contributed by atoms with Crippen LogP contribution in [0.1, 0.15) is 162 Å². The Morgan fingerprint density at radius 1 is 0.607 bits per heavy atom. The highest BCUT2D eigenvalue weighted by Gasteiger charge is 2.57. The summed E-state index contributed by atoms with van der Waals surface area (Å²) in [5.74, 6) is 0. The molecule has 61 heavy (non-hydrogen) atoms. The number of nitrogens with zero attached hydrogens (tertiary/aromatic N) is 2. The minimum Gasteiger partial charge on any atom is -0.387 e. The first-order chi connectivity index (χ1) is 29.1. The van der Waals surface area contributed by atoms with Crippen LogP contribution < -0.4 is 22.5 Å². The molecule has 4 N–H and O–H groups in total. The zero-order valence-electron chi connectivity index (χ0n) is 36.1. The summed E-state index contributed by atoms with van der Waals surface area (Å²) in [4.78, 5) is 51.9. The Morgan fingerprint density at radius 3 is 1.26 bits per heavy atom. The average molecular weight is 891 g/mol. The van der Waals surface area contributed by atoms with Crippen molar-refractivity contribution in [3.8, 4) is 0 Å². The van der Waals surface area contributed by atoms with Gasteiger partial charge in [-0.05, 0) is 20.3 Å². The van der Waals surface area contributed by atoms with E-state index < -0.39 is 91.7 Å². The Labute approximate surface area is 356 Å². The van der Waals surface area contributed by atoms with E-state index in [4.69, 9.17) is 23.0 Å². The van der Waals surface area contributed by atoms with E-state index in [0.29, 0.717) is 6.42 Å². The third-order valence-electron chi connectivity index (χ3n) is 11.7. The summed E-state index contributed by atoms with van der Waals surface area (Å²) in [5, 5.41) is 21.7. The molecular formula is C42H69F2N4O12P. The van der Waals surface area contributed by atoms with E-state index >= 15 is 8.78 Å². The molecule has 16 nitrogen and oxygen atoms in total. The summed E-state index contributed by atoms with van der Waals surface area (Å²) in [6, 6.07) is 1.96. The average Bonchev–Trinajstić information content (AvgIpc) is 3.58. The molecule has 0 amide bonds. The second-order valence-electron chi connectivity index (χ2n) is 16.9. The lowest BCUT2D eigenvalue weighted by Crippen LogP contribution is -2.43. The lowest BCUT2D eigenvalue weighted by molar-refractivity contribution is -0.0698. The van der Waals surface area contributed by atoms with Crippen LogP contribution in [0.5, 0.6) is 0 Å². The smallest absolute Gasteiger partial charge is 0.387 e. The molecule has 4 rings (SSSR count). The lowest BCUT2D eigenvalue weighted by atomic mass is 9.98. The van der Waals surface area contributed by atoms with Crippen molar-refractivity contribution in [3.63, 3.8) is 0 Å². The van der Waals surface area contributed by atoms with Crippen LogP contribution in [-0.4, -0.2) is 84.9 Å². The molecule has 2 fully saturated rings. The number of hydrogen-bond donors (Lipinski definition) is 4. The van der Waals surface area contributed by atoms with Gasteiger partial charge in [-0.1, -0.05) is 129 Å². The SMILES string of the molecule is CCCCCCCCCCCCCCCCCCCCCCOP(=O)(OCC1OC(n2ccc(=O)[nH]c2=O)C(C)(F)C1O)OCC1OC(n2ccc(=O)[nH]c2=O)C(C)(F)C1O. The molecular weight excluding hydrogens is 821 g/mol. The van der Waals surface area contributed by atoms with Gasteiger partial charge in [0.25, 0.3) is 11.1 Å². The number of nitrogens with one attached hydrogen (secondary N) is 2. The number of aliphatic hydroxyl groups excluding tert-OH is 2. The van der Waals surface area contributed by atoms with Gasteiger partial charge in [0.1, 0.15) is 24.4 Å². The third kappa shape index (κ3) is 15.2. The summed E-state index contributed by atoms with van der Waals surface area (Å²) in [5.41, 5.74) is -8.57. The molecule has 0 aromatic carbocycles. The number of unbranched alkanes of at least 4 members (excludes halogenated alkanes) is 19. The number of ether oxygens (including phenoxy) is 2. The standard InChI is InChI=1S/C42H69F2N4O12P/c1-4-5-6-7-8-9-10-11-12-13-14-15-16-17-18-19-20-21-22-23-28-56-61(55,57-29-31-35(51)41(2,43)37(59-31)47-26-24-33(49)45-39(47)53)58-30-32-36(52)42(3,44)38(60-32)48-27-25-34(50)46-40(48)54/h24-27,31-32,35-38,51-52H,4-23,28-30H2,1-3H3,(H,45,49,53)(H,46,50,54). The van der Waals surface area contributed by atoms with E-state index in [2.05, 4.69) is 6.92 Å². The molecule has 8 unspecified atom stereocenters. The topological polar surface area (TPSA) is 213 Å². The van der Waals surface area contributed by atoms with Gasteiger partial charge >= 0.3 is 19.2 Å². The number of phosphoric acid groups is 1. The normalized spacial score (nSPS) is 27.5. The number of hydrogen-bond acceptors (Lipinski definition) is 12. The van der Waals surface area contributed by atoms with Gasteiger partial charge in [0, 0.05) is 24.5 Å². The van der Waals surface area contributed by atoms with E-state index in [1.807, 2.05) is 9.97 Å². The van der Waals surface area contributed by atoms with Crippen LogP contribution in [0.25, 0.3) is 0 Å². The number of halogens is 2. The molecule has 2 aliphatic heterocycles. The van der Waals surface area contributed by atoms with Crippen LogP contribution in [-0.2, 0) is 27.6 Å². The van der Waals surface area contributed by atoms with Gasteiger partial charge in [-0.3, -0.25) is 42.3 Å². The summed E-state index contributed by atoms with van der Waals surface area (Å²) < 4.78 is 75.1. The van der Waals surface area contributed by atoms with Crippen LogP contribution in [0, 0.1) is 0 Å². The van der Waals surface area contributed by atoms with Gasteiger partial charge < -0.3 is 19.7 Å². The number of aliphatic hydroxyl groups is 2. The quantitative estimate of drug-likeness (QED) is 0.0460. The van der Waals surface area contributed by atoms with Crippen LogP contribution in [0.2, 0.25) is 0 Å². The largest absolute Gasteiger partial charge is 0.474 e. The Morgan fingerprint density at radius 2 is 0.934 bits per heavy atom. The Kier molecular flexibility index (Phi) is 20.7. The minimum absolute atomic E-state index is 0.0924. The van der Waals surface area contributed by atoms with Crippen LogP contribution in [0.4, 0.5) is 8.78 Å². The van der Waals surface area contributed by atoms with Crippen LogP contribution >= 0.6 is 7.82 Å². The predicted molar refractivity (Wildman–Crippen MR) is 225 cm³/mol. The highest BCUT2D eigenvalue weighted by Crippen LogP contribution is 2.52. The summed E-state index contributed by atoms with van der Waals surface area (Å²) in [6.07, 6.45) is 15.8. The van der Waals surface area contributed by atoms with Gasteiger partial charge in [-0.25, -0.2) is 22.9 Å². The predicted octanol–water partition coefficient (Wildman–Crippen LogP) is 7.04. The molecule has 0 radical (unpaired) electrons. The Balaban J connectivity index is 1.23. The van der Waals surface area contributed by atoms with Crippen molar-refractivity contribution >= 4 is 7.82 Å². The molecule has 348 valence electrons. The minimum atomic E-state index is -4.63. The van der Waals surface area contributed by atoms with Crippen molar-refractivity contribution in [2.75, 3.05) is 19.8 Å². The van der Waals surface area contributed by atoms with Gasteiger partial charge in [0.2, 0.25) is 0 Å². The molecule has 2 aliphatic rings. The van der Waals surface area contributed by atoms with Crippen molar-refractivity contribution in [2.45, 2.75) is 197 Å². The van der Waals surface area contributed by atoms with Crippen LogP contribution in [0.15, 0.2) is 43.7 Å². The van der Waals surface area contributed by atoms with Gasteiger partial charge in [-0.15, -0.1) is 0 Å². The Bertz CT molecular complexity index is 1780. The van der Waals surface area contributed by atoms with Crippen molar-refractivity contribution in [2.24, 2.45) is 0 Å². The Hall–Kier alpha value is -2.83. The summed E-state index contributed by atoms with van der Waals surface area (Å²) in [6.45, 7) is 2.63. The van der Waals surface area contributed by atoms with E-state index in [9.17, 15) is 34.0 Å². The van der Waals surface area contributed by atoms with E-state index in [1.165, 1.54) is 96.3 Å². The van der Waals surface area contributed by atoms with E-state index in [1.54, 1.807) is 0 Å². The van der Waals surface area contributed by atoms with E-state index in [-0.39, 0.29) is 6.61 Å². The molecule has 8 atom stereocenters. The second kappa shape index (κ2) is 24.9. The molecule has 2 aromatic heterocycles. The molecule has 0 bridgehead atoms. The fourth-order valence-corrected chi connectivity index (χ4v) is 9.14. The number of H-pyrrole nitrogens is 2. The zero-order valence-corrected chi connectivity index (χ0v) is 37.0. The first kappa shape index (κ1) is 50.8. The molecule has 19 heteroatoms. The maximum atomic E-state index is 15.8. The molecule has 2 saturated heterocycles. The third-order valence-corrected chi connectivity index (χ3v) is 13.1. The number of phosphoric ester groups is 1. The highest BCUT2D eigenvalue weighted by atomic mass is 31.2. The van der Waals surface area contributed by atoms with Crippen molar-refractivity contribution in [3.05, 3.63) is 66.2 Å². The van der Waals surface area contributed by atoms with Gasteiger partial charge in [0.05, 0.1) is 19.8 Å².